The van der Waals surface area contributed by atoms with E-state index in [-0.39, 0.29) is 18.1 Å². The van der Waals surface area contributed by atoms with Crippen molar-refractivity contribution in [3.63, 3.8) is 0 Å². The van der Waals surface area contributed by atoms with Gasteiger partial charge in [-0.1, -0.05) is 43.3 Å². The minimum Gasteiger partial charge on any atom is -0.508 e. The third-order valence-corrected chi connectivity index (χ3v) is 4.99. The molecule has 3 N–H and O–H groups in total. The molecule has 0 aliphatic rings. The summed E-state index contributed by atoms with van der Waals surface area (Å²) in [5, 5.41) is 28.3. The average molecular weight is 405 g/mol. The number of aliphatic hydroxyl groups is 1. The van der Waals surface area contributed by atoms with Crippen molar-refractivity contribution in [1.29, 1.82) is 0 Å². The van der Waals surface area contributed by atoms with Crippen LogP contribution in [0.5, 0.6) is 17.2 Å². The molecule has 0 spiro atoms. The monoisotopic (exact) mass is 404 g/mol. The van der Waals surface area contributed by atoms with Crippen LogP contribution in [0.15, 0.2) is 72.8 Å². The van der Waals surface area contributed by atoms with Gasteiger partial charge in [-0.3, -0.25) is 0 Å². The average Bonchev–Trinajstić information content (AvgIpc) is 2.77. The van der Waals surface area contributed by atoms with Crippen molar-refractivity contribution in [2.75, 3.05) is 13.2 Å². The van der Waals surface area contributed by atoms with Crippen LogP contribution in [0.4, 0.5) is 0 Å². The molecule has 0 fully saturated rings. The van der Waals surface area contributed by atoms with E-state index in [0.29, 0.717) is 6.61 Å². The van der Waals surface area contributed by atoms with Gasteiger partial charge in [0.1, 0.15) is 17.2 Å². The highest BCUT2D eigenvalue weighted by Gasteiger charge is 2.13. The van der Waals surface area contributed by atoms with E-state index in [2.05, 4.69) is 19.1 Å². The fraction of sp³-hybridized carbons (Fsp3) is 0.231. The van der Waals surface area contributed by atoms with Crippen molar-refractivity contribution in [2.45, 2.75) is 26.2 Å². The van der Waals surface area contributed by atoms with E-state index in [0.717, 1.165) is 47.3 Å². The first-order valence-corrected chi connectivity index (χ1v) is 10.3. The van der Waals surface area contributed by atoms with Crippen molar-refractivity contribution >= 4 is 11.1 Å². The normalized spacial score (nSPS) is 10.6. The molecule has 0 saturated heterocycles. The van der Waals surface area contributed by atoms with Crippen molar-refractivity contribution in [1.82, 2.24) is 0 Å². The fourth-order valence-electron chi connectivity index (χ4n) is 3.45. The van der Waals surface area contributed by atoms with Crippen LogP contribution in [0.25, 0.3) is 11.1 Å². The molecule has 0 atom stereocenters. The summed E-state index contributed by atoms with van der Waals surface area (Å²) in [6.45, 7) is 2.89. The number of allylic oxidation sites excluding steroid dienone is 1. The number of hydrogen-bond donors (Lipinski definition) is 3. The number of rotatable bonds is 9. The van der Waals surface area contributed by atoms with Crippen molar-refractivity contribution in [3.8, 4) is 17.2 Å². The van der Waals surface area contributed by atoms with E-state index < -0.39 is 0 Å². The highest BCUT2D eigenvalue weighted by atomic mass is 16.5. The van der Waals surface area contributed by atoms with E-state index in [9.17, 15) is 10.2 Å². The summed E-state index contributed by atoms with van der Waals surface area (Å²) in [6.07, 6.45) is 2.38. The summed E-state index contributed by atoms with van der Waals surface area (Å²) in [7, 11) is 0. The maximum absolute atomic E-state index is 9.72. The molecule has 30 heavy (non-hydrogen) atoms. The SMILES string of the molecule is CCC(=C(c1ccc(O)cc1)c1ccc(O)cc1)c1ccc(OCCCCO)cc1. The molecule has 0 unspecified atom stereocenters. The summed E-state index contributed by atoms with van der Waals surface area (Å²) in [5.74, 6) is 1.26. The van der Waals surface area contributed by atoms with Crippen LogP contribution in [0.2, 0.25) is 0 Å². The summed E-state index contributed by atoms with van der Waals surface area (Å²) < 4.78 is 5.75. The van der Waals surface area contributed by atoms with Crippen LogP contribution in [0.1, 0.15) is 42.9 Å². The Kier molecular flexibility index (Phi) is 7.52. The number of benzene rings is 3. The Morgan fingerprint density at radius 1 is 0.700 bits per heavy atom. The molecule has 0 aliphatic carbocycles. The number of ether oxygens (including phenoxy) is 1. The van der Waals surface area contributed by atoms with Gasteiger partial charge >= 0.3 is 0 Å². The molecule has 156 valence electrons. The van der Waals surface area contributed by atoms with E-state index in [1.165, 1.54) is 5.57 Å². The van der Waals surface area contributed by atoms with Crippen molar-refractivity contribution < 1.29 is 20.1 Å². The first kappa shape index (κ1) is 21.5. The Balaban J connectivity index is 2.00. The zero-order valence-corrected chi connectivity index (χ0v) is 17.2. The molecule has 4 nitrogen and oxygen atoms in total. The van der Waals surface area contributed by atoms with Crippen LogP contribution in [0.3, 0.4) is 0 Å². The summed E-state index contributed by atoms with van der Waals surface area (Å²) >= 11 is 0. The fourth-order valence-corrected chi connectivity index (χ4v) is 3.45. The number of unbranched alkanes of at least 4 members (excludes halogenated alkanes) is 1. The highest BCUT2D eigenvalue weighted by Crippen LogP contribution is 2.36. The van der Waals surface area contributed by atoms with Crippen LogP contribution in [0, 0.1) is 0 Å². The molecule has 0 bridgehead atoms. The predicted molar refractivity (Wildman–Crippen MR) is 121 cm³/mol. The lowest BCUT2D eigenvalue weighted by Crippen LogP contribution is -1.99. The Hall–Kier alpha value is -3.24. The van der Waals surface area contributed by atoms with Crippen LogP contribution in [-0.4, -0.2) is 28.5 Å². The molecule has 0 aliphatic heterocycles. The predicted octanol–water partition coefficient (Wildman–Crippen LogP) is 5.62. The number of hydrogen-bond acceptors (Lipinski definition) is 4. The zero-order valence-electron chi connectivity index (χ0n) is 17.2. The maximum Gasteiger partial charge on any atom is 0.119 e. The minimum atomic E-state index is 0.185. The second-order valence-electron chi connectivity index (χ2n) is 7.10. The molecule has 3 aromatic carbocycles. The van der Waals surface area contributed by atoms with E-state index in [4.69, 9.17) is 9.84 Å². The summed E-state index contributed by atoms with van der Waals surface area (Å²) in [6, 6.07) is 22.4. The van der Waals surface area contributed by atoms with Gasteiger partial charge in [0, 0.05) is 6.61 Å². The Morgan fingerprint density at radius 2 is 1.20 bits per heavy atom. The van der Waals surface area contributed by atoms with Gasteiger partial charge in [0.25, 0.3) is 0 Å². The molecule has 3 rings (SSSR count). The third kappa shape index (κ3) is 5.43. The molecular formula is C26H28O4. The van der Waals surface area contributed by atoms with E-state index >= 15 is 0 Å². The summed E-state index contributed by atoms with van der Waals surface area (Å²) in [5.41, 5.74) is 5.32. The van der Waals surface area contributed by atoms with Gasteiger partial charge < -0.3 is 20.1 Å². The number of aliphatic hydroxyl groups excluding tert-OH is 1. The first-order chi connectivity index (χ1) is 14.6. The molecular weight excluding hydrogens is 376 g/mol. The van der Waals surface area contributed by atoms with Gasteiger partial charge in [-0.2, -0.15) is 0 Å². The Bertz CT molecular complexity index is 908. The van der Waals surface area contributed by atoms with Gasteiger partial charge in [-0.05, 0) is 83.5 Å². The van der Waals surface area contributed by atoms with E-state index in [1.807, 2.05) is 36.4 Å². The lowest BCUT2D eigenvalue weighted by Gasteiger charge is -2.17. The lowest BCUT2D eigenvalue weighted by atomic mass is 9.88. The van der Waals surface area contributed by atoms with Crippen LogP contribution < -0.4 is 4.74 Å². The topological polar surface area (TPSA) is 69.9 Å². The maximum atomic E-state index is 9.72. The van der Waals surface area contributed by atoms with Gasteiger partial charge in [0.15, 0.2) is 0 Å². The molecule has 0 amide bonds. The number of phenolic OH excluding ortho intramolecular Hbond substituents is 2. The van der Waals surface area contributed by atoms with Gasteiger partial charge in [0.2, 0.25) is 0 Å². The largest absolute Gasteiger partial charge is 0.508 e. The minimum absolute atomic E-state index is 0.185. The van der Waals surface area contributed by atoms with Gasteiger partial charge in [0.05, 0.1) is 6.61 Å². The summed E-state index contributed by atoms with van der Waals surface area (Å²) in [4.78, 5) is 0. The smallest absolute Gasteiger partial charge is 0.119 e. The molecule has 0 heterocycles. The Morgan fingerprint density at radius 3 is 1.67 bits per heavy atom. The molecule has 0 aromatic heterocycles. The quantitative estimate of drug-likeness (QED) is 0.320. The number of aromatic hydroxyl groups is 2. The molecule has 0 radical (unpaired) electrons. The first-order valence-electron chi connectivity index (χ1n) is 10.3. The molecule has 4 heteroatoms. The van der Waals surface area contributed by atoms with Crippen LogP contribution >= 0.6 is 0 Å². The second kappa shape index (κ2) is 10.5. The zero-order chi connectivity index (χ0) is 21.3. The lowest BCUT2D eigenvalue weighted by molar-refractivity contribution is 0.253. The standard InChI is InChI=1S/C26H28O4/c1-2-25(19-9-15-24(16-10-19)30-18-4-3-17-27)26(20-5-11-22(28)12-6-20)21-7-13-23(29)14-8-21/h5-16,27-29H,2-4,17-18H2,1H3. The van der Waals surface area contributed by atoms with Gasteiger partial charge in [-0.15, -0.1) is 0 Å². The third-order valence-electron chi connectivity index (χ3n) is 4.99. The Labute approximate surface area is 177 Å². The molecule has 3 aromatic rings. The van der Waals surface area contributed by atoms with Crippen LogP contribution in [-0.2, 0) is 0 Å². The van der Waals surface area contributed by atoms with Crippen molar-refractivity contribution in [3.05, 3.63) is 89.5 Å². The molecule has 0 saturated carbocycles. The van der Waals surface area contributed by atoms with Crippen molar-refractivity contribution in [2.24, 2.45) is 0 Å². The number of phenols is 2. The second-order valence-corrected chi connectivity index (χ2v) is 7.10. The van der Waals surface area contributed by atoms with E-state index in [1.54, 1.807) is 24.3 Å². The van der Waals surface area contributed by atoms with Gasteiger partial charge in [-0.25, -0.2) is 0 Å². The highest BCUT2D eigenvalue weighted by molar-refractivity contribution is 5.98.